The highest BCUT2D eigenvalue weighted by molar-refractivity contribution is 6.74. The highest BCUT2D eigenvalue weighted by Crippen LogP contribution is 2.49. The lowest BCUT2D eigenvalue weighted by atomic mass is 9.66. The van der Waals surface area contributed by atoms with Crippen LogP contribution in [0.3, 0.4) is 0 Å². The SMILES string of the molecule is COc1ccc2c(c1)OC[C@](C)(c1cccnc1)[C@H]2CCCCCCCCCO[Si](C)(C)C(C)(C)C. The summed E-state index contributed by atoms with van der Waals surface area (Å²) in [4.78, 5) is 4.42. The van der Waals surface area contributed by atoms with Crippen LogP contribution in [0.15, 0.2) is 42.7 Å². The van der Waals surface area contributed by atoms with Gasteiger partial charge in [0.15, 0.2) is 8.32 Å². The molecule has 0 saturated heterocycles. The molecule has 1 aromatic heterocycles. The summed E-state index contributed by atoms with van der Waals surface area (Å²) < 4.78 is 18.1. The van der Waals surface area contributed by atoms with Gasteiger partial charge in [0.2, 0.25) is 0 Å². The second-order valence-corrected chi connectivity index (χ2v) is 17.1. The Bertz CT molecular complexity index is 941. The van der Waals surface area contributed by atoms with Crippen molar-refractivity contribution in [3.8, 4) is 11.5 Å². The maximum absolute atomic E-state index is 6.32. The van der Waals surface area contributed by atoms with E-state index in [0.29, 0.717) is 17.6 Å². The summed E-state index contributed by atoms with van der Waals surface area (Å²) in [6.07, 6.45) is 14.0. The Balaban J connectivity index is 1.47. The monoisotopic (exact) mass is 511 g/mol. The number of aromatic nitrogens is 1. The van der Waals surface area contributed by atoms with Gasteiger partial charge in [0.25, 0.3) is 0 Å². The lowest BCUT2D eigenvalue weighted by Crippen LogP contribution is -2.40. The maximum atomic E-state index is 6.32. The number of pyridine rings is 1. The van der Waals surface area contributed by atoms with Gasteiger partial charge in [0.05, 0.1) is 13.7 Å². The van der Waals surface area contributed by atoms with Gasteiger partial charge in [-0.25, -0.2) is 0 Å². The van der Waals surface area contributed by atoms with E-state index in [-0.39, 0.29) is 5.41 Å². The number of benzene rings is 1. The van der Waals surface area contributed by atoms with Crippen molar-refractivity contribution in [3.05, 3.63) is 53.9 Å². The second kappa shape index (κ2) is 12.6. The number of hydrogen-bond acceptors (Lipinski definition) is 4. The van der Waals surface area contributed by atoms with Crippen molar-refractivity contribution < 1.29 is 13.9 Å². The fourth-order valence-corrected chi connectivity index (χ4v) is 6.15. The van der Waals surface area contributed by atoms with E-state index in [4.69, 9.17) is 13.9 Å². The van der Waals surface area contributed by atoms with Crippen molar-refractivity contribution in [1.82, 2.24) is 4.98 Å². The Morgan fingerprint density at radius 3 is 2.36 bits per heavy atom. The molecule has 0 saturated carbocycles. The van der Waals surface area contributed by atoms with Crippen LogP contribution in [-0.4, -0.2) is 33.6 Å². The van der Waals surface area contributed by atoms with Crippen LogP contribution in [0.4, 0.5) is 0 Å². The Labute approximate surface area is 221 Å². The zero-order valence-electron chi connectivity index (χ0n) is 23.9. The lowest BCUT2D eigenvalue weighted by Gasteiger charge is -2.43. The minimum Gasteiger partial charge on any atom is -0.497 e. The zero-order chi connectivity index (χ0) is 26.2. The molecule has 0 amide bonds. The van der Waals surface area contributed by atoms with Crippen molar-refractivity contribution in [3.63, 3.8) is 0 Å². The first-order valence-corrected chi connectivity index (χ1v) is 16.8. The van der Waals surface area contributed by atoms with E-state index in [0.717, 1.165) is 24.5 Å². The van der Waals surface area contributed by atoms with Gasteiger partial charge >= 0.3 is 0 Å². The molecule has 0 unspecified atom stereocenters. The van der Waals surface area contributed by atoms with Crippen LogP contribution in [0, 0.1) is 0 Å². The molecular weight excluding hydrogens is 462 g/mol. The van der Waals surface area contributed by atoms with E-state index in [9.17, 15) is 0 Å². The number of hydrogen-bond donors (Lipinski definition) is 0. The van der Waals surface area contributed by atoms with Gasteiger partial charge in [-0.15, -0.1) is 0 Å². The highest BCUT2D eigenvalue weighted by atomic mass is 28.4. The van der Waals surface area contributed by atoms with E-state index in [1.807, 2.05) is 24.5 Å². The van der Waals surface area contributed by atoms with Crippen molar-refractivity contribution in [2.75, 3.05) is 20.3 Å². The van der Waals surface area contributed by atoms with Crippen molar-refractivity contribution >= 4 is 8.32 Å². The van der Waals surface area contributed by atoms with Gasteiger partial charge in [-0.05, 0) is 54.2 Å². The number of methoxy groups -OCH3 is 1. The second-order valence-electron chi connectivity index (χ2n) is 12.3. The molecule has 1 aliphatic rings. The third-order valence-corrected chi connectivity index (χ3v) is 13.2. The van der Waals surface area contributed by atoms with Crippen LogP contribution in [-0.2, 0) is 9.84 Å². The van der Waals surface area contributed by atoms with Crippen molar-refractivity contribution in [2.45, 2.75) is 109 Å². The molecule has 0 radical (unpaired) electrons. The molecule has 0 fully saturated rings. The fourth-order valence-electron chi connectivity index (χ4n) is 5.06. The third kappa shape index (κ3) is 7.13. The smallest absolute Gasteiger partial charge is 0.191 e. The maximum Gasteiger partial charge on any atom is 0.191 e. The summed E-state index contributed by atoms with van der Waals surface area (Å²) in [7, 11) is 0.117. The molecule has 200 valence electrons. The number of unbranched alkanes of at least 4 members (excludes halogenated alkanes) is 6. The topological polar surface area (TPSA) is 40.6 Å². The molecule has 0 aliphatic carbocycles. The molecule has 1 aromatic carbocycles. The van der Waals surface area contributed by atoms with Crippen molar-refractivity contribution in [2.24, 2.45) is 0 Å². The third-order valence-electron chi connectivity index (χ3n) is 8.62. The average Bonchev–Trinajstić information content (AvgIpc) is 2.85. The molecule has 3 rings (SSSR count). The summed E-state index contributed by atoms with van der Waals surface area (Å²) in [6, 6.07) is 10.6. The molecule has 36 heavy (non-hydrogen) atoms. The predicted molar refractivity (Wildman–Crippen MR) is 153 cm³/mol. The predicted octanol–water partition coefficient (Wildman–Crippen LogP) is 8.67. The first-order chi connectivity index (χ1) is 17.1. The summed E-state index contributed by atoms with van der Waals surface area (Å²) in [5.41, 5.74) is 2.48. The van der Waals surface area contributed by atoms with Crippen LogP contribution >= 0.6 is 0 Å². The van der Waals surface area contributed by atoms with Gasteiger partial charge in [0.1, 0.15) is 11.5 Å². The van der Waals surface area contributed by atoms with Gasteiger partial charge < -0.3 is 13.9 Å². The van der Waals surface area contributed by atoms with E-state index in [1.54, 1.807) is 7.11 Å². The molecule has 0 bridgehead atoms. The van der Waals surface area contributed by atoms with Crippen LogP contribution in [0.25, 0.3) is 0 Å². The van der Waals surface area contributed by atoms with Crippen molar-refractivity contribution in [1.29, 1.82) is 0 Å². The van der Waals surface area contributed by atoms with Crippen LogP contribution < -0.4 is 9.47 Å². The standard InChI is InChI=1S/C31H49NO3Si/c1-30(2,3)36(6,7)35-21-14-12-10-8-9-11-13-17-28-27-19-18-26(33-5)22-29(27)34-24-31(28,4)25-16-15-20-32-23-25/h15-16,18-20,22-23,28H,8-14,17,21,24H2,1-7H3/t28-,31+/m0/s1. The van der Waals surface area contributed by atoms with E-state index in [1.165, 1.54) is 56.1 Å². The first kappa shape index (κ1) is 28.7. The Hall–Kier alpha value is -1.85. The largest absolute Gasteiger partial charge is 0.497 e. The summed E-state index contributed by atoms with van der Waals surface area (Å²) in [6.45, 7) is 15.6. The minimum absolute atomic E-state index is 0.0833. The van der Waals surface area contributed by atoms with Gasteiger partial charge in [-0.3, -0.25) is 4.98 Å². The summed E-state index contributed by atoms with van der Waals surface area (Å²) >= 11 is 0. The normalized spacial score (nSPS) is 20.0. The molecule has 2 atom stereocenters. The minimum atomic E-state index is -1.59. The van der Waals surface area contributed by atoms with Gasteiger partial charge in [-0.1, -0.05) is 78.4 Å². The van der Waals surface area contributed by atoms with Crippen LogP contribution in [0.2, 0.25) is 18.1 Å². The molecule has 2 heterocycles. The Morgan fingerprint density at radius 1 is 1.03 bits per heavy atom. The van der Waals surface area contributed by atoms with E-state index < -0.39 is 8.32 Å². The quantitative estimate of drug-likeness (QED) is 0.199. The number of rotatable bonds is 13. The molecule has 5 heteroatoms. The van der Waals surface area contributed by atoms with Crippen LogP contribution in [0.5, 0.6) is 11.5 Å². The zero-order valence-corrected chi connectivity index (χ0v) is 24.9. The summed E-state index contributed by atoms with van der Waals surface area (Å²) in [5, 5.41) is 0.303. The first-order valence-electron chi connectivity index (χ1n) is 13.9. The fraction of sp³-hybridized carbons (Fsp3) is 0.645. The Kier molecular flexibility index (Phi) is 10.0. The highest BCUT2D eigenvalue weighted by Gasteiger charge is 2.42. The summed E-state index contributed by atoms with van der Waals surface area (Å²) in [5.74, 6) is 2.23. The molecule has 2 aromatic rings. The molecule has 0 spiro atoms. The van der Waals surface area contributed by atoms with E-state index in [2.05, 4.69) is 64.0 Å². The number of fused-ring (bicyclic) bond motifs is 1. The Morgan fingerprint density at radius 2 is 1.72 bits per heavy atom. The molecular formula is C31H49NO3Si. The average molecular weight is 512 g/mol. The van der Waals surface area contributed by atoms with Crippen LogP contribution in [0.1, 0.15) is 96.1 Å². The molecule has 0 N–H and O–H groups in total. The number of nitrogens with zero attached hydrogens (tertiary/aromatic N) is 1. The van der Waals surface area contributed by atoms with E-state index >= 15 is 0 Å². The lowest BCUT2D eigenvalue weighted by molar-refractivity contribution is 0.161. The van der Waals surface area contributed by atoms with Gasteiger partial charge in [-0.2, -0.15) is 0 Å². The molecule has 4 nitrogen and oxygen atoms in total. The van der Waals surface area contributed by atoms with Gasteiger partial charge in [0, 0.05) is 36.4 Å². The molecule has 1 aliphatic heterocycles. The number of ether oxygens (including phenoxy) is 2.